The molecule has 0 spiro atoms. The Morgan fingerprint density at radius 2 is 2.22 bits per heavy atom. The van der Waals surface area contributed by atoms with Crippen molar-refractivity contribution < 1.29 is 10.0 Å². The van der Waals surface area contributed by atoms with Crippen molar-refractivity contribution in [3.05, 3.63) is 47.3 Å². The van der Waals surface area contributed by atoms with Gasteiger partial charge >= 0.3 is 0 Å². The number of oxime groups is 1. The molecule has 1 aliphatic carbocycles. The van der Waals surface area contributed by atoms with E-state index in [0.717, 1.165) is 0 Å². The maximum atomic E-state index is 12.3. The van der Waals surface area contributed by atoms with Gasteiger partial charge in [-0.05, 0) is 18.2 Å². The van der Waals surface area contributed by atoms with E-state index in [9.17, 15) is 4.79 Å². The molecule has 6 heteroatoms. The third kappa shape index (κ3) is 2.26. The number of carbonyl (C=O) groups excluding carboxylic acids is 1. The van der Waals surface area contributed by atoms with E-state index in [1.165, 1.54) is 12.1 Å². The first-order valence-electron chi connectivity index (χ1n) is 5.16. The Labute approximate surface area is 108 Å². The number of allylic oxidation sites excluding steroid dienone is 4. The van der Waals surface area contributed by atoms with Gasteiger partial charge < -0.3 is 10.9 Å². The standard InChI is InChI=1S/C12H10ClN3O2/c13-10-6-5-8(14)11(15-10)12(17)7-3-1-2-4-9(7)16-18/h1-7,18H,14H2. The third-order valence-electron chi connectivity index (χ3n) is 2.52. The van der Waals surface area contributed by atoms with Gasteiger partial charge in [0.05, 0.1) is 17.3 Å². The molecular weight excluding hydrogens is 254 g/mol. The van der Waals surface area contributed by atoms with Crippen molar-refractivity contribution in [1.82, 2.24) is 4.98 Å². The number of pyridine rings is 1. The summed E-state index contributed by atoms with van der Waals surface area (Å²) in [5, 5.41) is 12.1. The third-order valence-corrected chi connectivity index (χ3v) is 2.73. The van der Waals surface area contributed by atoms with Gasteiger partial charge in [0.25, 0.3) is 0 Å². The number of carbonyl (C=O) groups is 1. The number of nitrogens with two attached hydrogens (primary N) is 1. The molecule has 2 rings (SSSR count). The Morgan fingerprint density at radius 1 is 1.44 bits per heavy atom. The van der Waals surface area contributed by atoms with E-state index < -0.39 is 5.92 Å². The maximum Gasteiger partial charge on any atom is 0.196 e. The number of hydrogen-bond acceptors (Lipinski definition) is 5. The molecule has 1 unspecified atom stereocenters. The molecule has 18 heavy (non-hydrogen) atoms. The molecule has 0 aromatic carbocycles. The molecule has 3 N–H and O–H groups in total. The smallest absolute Gasteiger partial charge is 0.196 e. The highest BCUT2D eigenvalue weighted by Crippen LogP contribution is 2.20. The van der Waals surface area contributed by atoms with Crippen LogP contribution in [-0.2, 0) is 0 Å². The Kier molecular flexibility index (Phi) is 3.43. The van der Waals surface area contributed by atoms with Crippen LogP contribution in [0.2, 0.25) is 5.15 Å². The highest BCUT2D eigenvalue weighted by atomic mass is 35.5. The van der Waals surface area contributed by atoms with Gasteiger partial charge in [-0.3, -0.25) is 4.79 Å². The summed E-state index contributed by atoms with van der Waals surface area (Å²) in [5.41, 5.74) is 6.25. The maximum absolute atomic E-state index is 12.3. The Morgan fingerprint density at radius 3 is 2.94 bits per heavy atom. The summed E-state index contributed by atoms with van der Waals surface area (Å²) in [6.07, 6.45) is 6.52. The lowest BCUT2D eigenvalue weighted by Gasteiger charge is -2.13. The minimum Gasteiger partial charge on any atom is -0.411 e. The lowest BCUT2D eigenvalue weighted by Crippen LogP contribution is -2.24. The predicted molar refractivity (Wildman–Crippen MR) is 69.0 cm³/mol. The quantitative estimate of drug-likeness (QED) is 0.370. The second kappa shape index (κ2) is 5.01. The molecule has 0 saturated carbocycles. The molecular formula is C12H10ClN3O2. The molecule has 0 bridgehead atoms. The van der Waals surface area contributed by atoms with Crippen molar-refractivity contribution in [2.45, 2.75) is 0 Å². The van der Waals surface area contributed by atoms with E-state index in [4.69, 9.17) is 22.5 Å². The average molecular weight is 264 g/mol. The zero-order chi connectivity index (χ0) is 13.1. The van der Waals surface area contributed by atoms with Gasteiger partial charge in [-0.1, -0.05) is 35.0 Å². The van der Waals surface area contributed by atoms with Gasteiger partial charge in [-0.15, -0.1) is 0 Å². The summed E-state index contributed by atoms with van der Waals surface area (Å²) in [4.78, 5) is 16.2. The van der Waals surface area contributed by atoms with Crippen LogP contribution in [0.15, 0.2) is 41.6 Å². The number of ketones is 1. The van der Waals surface area contributed by atoms with Crippen LogP contribution in [0, 0.1) is 5.92 Å². The fourth-order valence-electron chi connectivity index (χ4n) is 1.64. The summed E-state index contributed by atoms with van der Waals surface area (Å²) in [6.45, 7) is 0. The summed E-state index contributed by atoms with van der Waals surface area (Å²) < 4.78 is 0. The van der Waals surface area contributed by atoms with Crippen LogP contribution < -0.4 is 5.73 Å². The van der Waals surface area contributed by atoms with E-state index in [2.05, 4.69) is 10.1 Å². The number of hydrogen-bond donors (Lipinski definition) is 2. The van der Waals surface area contributed by atoms with E-state index in [-0.39, 0.29) is 28.0 Å². The molecule has 1 aromatic rings. The van der Waals surface area contributed by atoms with Crippen molar-refractivity contribution in [2.24, 2.45) is 11.1 Å². The fraction of sp³-hybridized carbons (Fsp3) is 0.0833. The summed E-state index contributed by atoms with van der Waals surface area (Å²) in [6, 6.07) is 3.02. The molecule has 1 aromatic heterocycles. The van der Waals surface area contributed by atoms with Crippen molar-refractivity contribution in [1.29, 1.82) is 0 Å². The number of Topliss-reactive ketones (excluding diaryl/α,β-unsaturated/α-hetero) is 1. The van der Waals surface area contributed by atoms with E-state index in [1.54, 1.807) is 24.3 Å². The molecule has 5 nitrogen and oxygen atoms in total. The Hall–Kier alpha value is -2.14. The highest BCUT2D eigenvalue weighted by molar-refractivity contribution is 6.30. The first-order valence-corrected chi connectivity index (χ1v) is 5.54. The number of rotatable bonds is 2. The van der Waals surface area contributed by atoms with Gasteiger partial charge in [0.15, 0.2) is 5.78 Å². The molecule has 1 aliphatic rings. The van der Waals surface area contributed by atoms with E-state index >= 15 is 0 Å². The van der Waals surface area contributed by atoms with Crippen molar-refractivity contribution in [2.75, 3.05) is 5.73 Å². The van der Waals surface area contributed by atoms with Crippen LogP contribution in [0.5, 0.6) is 0 Å². The molecule has 0 saturated heterocycles. The monoisotopic (exact) mass is 263 g/mol. The second-order valence-electron chi connectivity index (χ2n) is 3.68. The Bertz CT molecular complexity index is 579. The van der Waals surface area contributed by atoms with Crippen molar-refractivity contribution >= 4 is 28.8 Å². The van der Waals surface area contributed by atoms with Crippen molar-refractivity contribution in [3.63, 3.8) is 0 Å². The van der Waals surface area contributed by atoms with Crippen LogP contribution in [0.4, 0.5) is 5.69 Å². The number of nitrogens with zero attached hydrogens (tertiary/aromatic N) is 2. The first kappa shape index (κ1) is 12.3. The predicted octanol–water partition coefficient (Wildman–Crippen LogP) is 2.07. The molecule has 1 atom stereocenters. The Balaban J connectivity index is 2.40. The van der Waals surface area contributed by atoms with E-state index in [1.807, 2.05) is 0 Å². The first-order chi connectivity index (χ1) is 8.63. The minimum absolute atomic E-state index is 0.0774. The largest absolute Gasteiger partial charge is 0.411 e. The second-order valence-corrected chi connectivity index (χ2v) is 4.07. The van der Waals surface area contributed by atoms with Crippen LogP contribution in [0.25, 0.3) is 0 Å². The highest BCUT2D eigenvalue weighted by Gasteiger charge is 2.26. The number of halogens is 1. The SMILES string of the molecule is Nc1ccc(Cl)nc1C(=O)C1C=CC=CC1=NO. The topological polar surface area (TPSA) is 88.6 Å². The zero-order valence-corrected chi connectivity index (χ0v) is 10.0. The molecule has 1 heterocycles. The number of anilines is 1. The molecule has 0 radical (unpaired) electrons. The van der Waals surface area contributed by atoms with Gasteiger partial charge in [0.2, 0.25) is 0 Å². The van der Waals surface area contributed by atoms with Gasteiger partial charge in [-0.2, -0.15) is 0 Å². The molecule has 92 valence electrons. The van der Waals surface area contributed by atoms with Gasteiger partial charge in [-0.25, -0.2) is 4.98 Å². The van der Waals surface area contributed by atoms with Gasteiger partial charge in [0.1, 0.15) is 10.8 Å². The number of aromatic nitrogens is 1. The minimum atomic E-state index is -0.701. The van der Waals surface area contributed by atoms with E-state index in [0.29, 0.717) is 0 Å². The van der Waals surface area contributed by atoms with Crippen molar-refractivity contribution in [3.8, 4) is 0 Å². The zero-order valence-electron chi connectivity index (χ0n) is 9.25. The average Bonchev–Trinajstić information content (AvgIpc) is 2.40. The summed E-state index contributed by atoms with van der Waals surface area (Å²) in [7, 11) is 0. The fourth-order valence-corrected chi connectivity index (χ4v) is 1.79. The lowest BCUT2D eigenvalue weighted by molar-refractivity contribution is 0.0967. The molecule has 0 fully saturated rings. The normalized spacial score (nSPS) is 20.3. The van der Waals surface area contributed by atoms with Crippen LogP contribution >= 0.6 is 11.6 Å². The van der Waals surface area contributed by atoms with Gasteiger partial charge in [0, 0.05) is 0 Å². The molecule has 0 aliphatic heterocycles. The number of nitrogen functional groups attached to an aromatic ring is 1. The van der Waals surface area contributed by atoms with Crippen LogP contribution in [0.3, 0.4) is 0 Å². The lowest BCUT2D eigenvalue weighted by atomic mass is 9.92. The summed E-state index contributed by atoms with van der Waals surface area (Å²) in [5.74, 6) is -1.06. The van der Waals surface area contributed by atoms with Crippen LogP contribution in [0.1, 0.15) is 10.5 Å². The molecule has 0 amide bonds. The summed E-state index contributed by atoms with van der Waals surface area (Å²) >= 11 is 5.74. The van der Waals surface area contributed by atoms with Crippen LogP contribution in [-0.4, -0.2) is 21.7 Å².